The van der Waals surface area contributed by atoms with E-state index in [-0.39, 0.29) is 11.5 Å². The van der Waals surface area contributed by atoms with Crippen LogP contribution < -0.4 is 0 Å². The Morgan fingerprint density at radius 2 is 2.07 bits per heavy atom. The first-order valence-corrected chi connectivity index (χ1v) is 3.96. The van der Waals surface area contributed by atoms with E-state index in [1.807, 2.05) is 0 Å². The van der Waals surface area contributed by atoms with Crippen LogP contribution in [0.1, 0.15) is 10.5 Å². The maximum Gasteiger partial charge on any atom is 0.354 e. The van der Waals surface area contributed by atoms with Crippen LogP contribution in [0.2, 0.25) is 0 Å². The van der Waals surface area contributed by atoms with Crippen molar-refractivity contribution in [2.24, 2.45) is 0 Å². The average Bonchev–Trinajstić information content (AvgIpc) is 2.16. The molecule has 0 amide bonds. The van der Waals surface area contributed by atoms with Gasteiger partial charge in [0.25, 0.3) is 0 Å². The molecule has 0 fully saturated rings. The highest BCUT2D eigenvalue weighted by Crippen LogP contribution is 2.13. The second-order valence-corrected chi connectivity index (χ2v) is 2.84. The molecule has 0 saturated heterocycles. The van der Waals surface area contributed by atoms with E-state index in [4.69, 9.17) is 5.11 Å². The fourth-order valence-corrected chi connectivity index (χ4v) is 1.22. The van der Waals surface area contributed by atoms with Crippen molar-refractivity contribution >= 4 is 16.9 Å². The molecule has 1 aromatic carbocycles. The van der Waals surface area contributed by atoms with Gasteiger partial charge >= 0.3 is 5.97 Å². The number of aromatic carboxylic acids is 1. The second-order valence-electron chi connectivity index (χ2n) is 2.84. The van der Waals surface area contributed by atoms with Crippen LogP contribution in [0.5, 0.6) is 0 Å². The molecule has 0 saturated carbocycles. The maximum atomic E-state index is 12.8. The number of benzene rings is 1. The molecule has 14 heavy (non-hydrogen) atoms. The molecular formula is C10H6FNO2. The Morgan fingerprint density at radius 3 is 2.79 bits per heavy atom. The lowest BCUT2D eigenvalue weighted by Crippen LogP contribution is -1.99. The van der Waals surface area contributed by atoms with Crippen molar-refractivity contribution < 1.29 is 14.3 Å². The summed E-state index contributed by atoms with van der Waals surface area (Å²) >= 11 is 0. The highest BCUT2D eigenvalue weighted by atomic mass is 19.1. The highest BCUT2D eigenvalue weighted by molar-refractivity contribution is 5.89. The predicted octanol–water partition coefficient (Wildman–Crippen LogP) is 2.07. The Kier molecular flexibility index (Phi) is 1.89. The molecule has 70 valence electrons. The number of fused-ring (bicyclic) bond motifs is 1. The Bertz CT molecular complexity index is 510. The van der Waals surface area contributed by atoms with Gasteiger partial charge in [-0.25, -0.2) is 14.2 Å². The standard InChI is InChI=1S/C10H6FNO2/c11-7-2-4-8-6(5-7)1-3-9(12-8)10(13)14/h1-5H,(H,13,14). The van der Waals surface area contributed by atoms with E-state index in [2.05, 4.69) is 4.98 Å². The van der Waals surface area contributed by atoms with Gasteiger partial charge in [0.1, 0.15) is 11.5 Å². The lowest BCUT2D eigenvalue weighted by Gasteiger charge is -1.98. The molecule has 0 spiro atoms. The van der Waals surface area contributed by atoms with E-state index in [0.717, 1.165) is 0 Å². The van der Waals surface area contributed by atoms with Gasteiger partial charge in [0, 0.05) is 5.39 Å². The SMILES string of the molecule is O=C(O)c1ccc2cc(F)ccc2n1. The summed E-state index contributed by atoms with van der Waals surface area (Å²) < 4.78 is 12.8. The summed E-state index contributed by atoms with van der Waals surface area (Å²) in [5.74, 6) is -1.45. The minimum atomic E-state index is -1.09. The quantitative estimate of drug-likeness (QED) is 0.750. The summed E-state index contributed by atoms with van der Waals surface area (Å²) in [7, 11) is 0. The number of halogens is 1. The number of carbonyl (C=O) groups is 1. The molecule has 0 aliphatic carbocycles. The Balaban J connectivity index is 2.67. The molecule has 1 heterocycles. The van der Waals surface area contributed by atoms with Gasteiger partial charge in [-0.3, -0.25) is 0 Å². The number of hydrogen-bond acceptors (Lipinski definition) is 2. The lowest BCUT2D eigenvalue weighted by atomic mass is 10.2. The van der Waals surface area contributed by atoms with Crippen molar-refractivity contribution in [1.29, 1.82) is 0 Å². The first-order chi connectivity index (χ1) is 6.66. The lowest BCUT2D eigenvalue weighted by molar-refractivity contribution is 0.0691. The average molecular weight is 191 g/mol. The minimum Gasteiger partial charge on any atom is -0.477 e. The Hall–Kier alpha value is -1.97. The maximum absolute atomic E-state index is 12.8. The summed E-state index contributed by atoms with van der Waals surface area (Å²) in [4.78, 5) is 14.4. The largest absolute Gasteiger partial charge is 0.477 e. The van der Waals surface area contributed by atoms with Gasteiger partial charge in [-0.1, -0.05) is 6.07 Å². The molecule has 0 aliphatic rings. The molecule has 0 unspecified atom stereocenters. The fourth-order valence-electron chi connectivity index (χ4n) is 1.22. The van der Waals surface area contributed by atoms with E-state index < -0.39 is 5.97 Å². The van der Waals surface area contributed by atoms with E-state index in [9.17, 15) is 9.18 Å². The summed E-state index contributed by atoms with van der Waals surface area (Å²) in [6, 6.07) is 6.91. The Labute approximate surface area is 78.8 Å². The van der Waals surface area contributed by atoms with Gasteiger partial charge in [-0.15, -0.1) is 0 Å². The molecular weight excluding hydrogens is 185 g/mol. The van der Waals surface area contributed by atoms with E-state index in [1.54, 1.807) is 0 Å². The van der Waals surface area contributed by atoms with Crippen molar-refractivity contribution in [1.82, 2.24) is 4.98 Å². The Morgan fingerprint density at radius 1 is 1.29 bits per heavy atom. The number of carboxylic acids is 1. The van der Waals surface area contributed by atoms with Crippen molar-refractivity contribution in [3.8, 4) is 0 Å². The molecule has 0 radical (unpaired) electrons. The third kappa shape index (κ3) is 1.42. The number of carboxylic acid groups (broad SMARTS) is 1. The van der Waals surface area contributed by atoms with E-state index in [0.29, 0.717) is 10.9 Å². The van der Waals surface area contributed by atoms with Crippen LogP contribution in [0, 0.1) is 5.82 Å². The molecule has 0 bridgehead atoms. The highest BCUT2D eigenvalue weighted by Gasteiger charge is 2.05. The topological polar surface area (TPSA) is 50.2 Å². The zero-order valence-electron chi connectivity index (χ0n) is 7.07. The van der Waals surface area contributed by atoms with Crippen molar-refractivity contribution in [2.75, 3.05) is 0 Å². The molecule has 1 N–H and O–H groups in total. The smallest absolute Gasteiger partial charge is 0.354 e. The zero-order valence-corrected chi connectivity index (χ0v) is 7.07. The van der Waals surface area contributed by atoms with E-state index >= 15 is 0 Å². The first kappa shape index (κ1) is 8.62. The van der Waals surface area contributed by atoms with Crippen LogP contribution in [-0.2, 0) is 0 Å². The normalized spacial score (nSPS) is 10.4. The summed E-state index contributed by atoms with van der Waals surface area (Å²) in [6.45, 7) is 0. The van der Waals surface area contributed by atoms with Gasteiger partial charge < -0.3 is 5.11 Å². The van der Waals surface area contributed by atoms with Crippen LogP contribution in [0.25, 0.3) is 10.9 Å². The molecule has 2 aromatic rings. The van der Waals surface area contributed by atoms with Crippen LogP contribution in [0.15, 0.2) is 30.3 Å². The van der Waals surface area contributed by atoms with Gasteiger partial charge in [-0.2, -0.15) is 0 Å². The monoisotopic (exact) mass is 191 g/mol. The van der Waals surface area contributed by atoms with Crippen LogP contribution in [0.4, 0.5) is 4.39 Å². The molecule has 1 aromatic heterocycles. The summed E-state index contributed by atoms with van der Waals surface area (Å²) in [5, 5.41) is 9.25. The summed E-state index contributed by atoms with van der Waals surface area (Å²) in [5.41, 5.74) is 0.440. The van der Waals surface area contributed by atoms with Crippen LogP contribution >= 0.6 is 0 Å². The zero-order chi connectivity index (χ0) is 10.1. The summed E-state index contributed by atoms with van der Waals surface area (Å²) in [6.07, 6.45) is 0. The number of rotatable bonds is 1. The molecule has 2 rings (SSSR count). The number of pyridine rings is 1. The van der Waals surface area contributed by atoms with Gasteiger partial charge in [0.05, 0.1) is 5.52 Å². The van der Waals surface area contributed by atoms with Gasteiger partial charge in [0.2, 0.25) is 0 Å². The van der Waals surface area contributed by atoms with Crippen molar-refractivity contribution in [3.05, 3.63) is 41.8 Å². The van der Waals surface area contributed by atoms with Gasteiger partial charge in [0.15, 0.2) is 0 Å². The molecule has 0 aliphatic heterocycles. The number of nitrogens with zero attached hydrogens (tertiary/aromatic N) is 1. The first-order valence-electron chi connectivity index (χ1n) is 3.96. The van der Waals surface area contributed by atoms with Crippen LogP contribution in [0.3, 0.4) is 0 Å². The second kappa shape index (κ2) is 3.06. The number of aromatic nitrogens is 1. The molecule has 4 heteroatoms. The third-order valence-corrected chi connectivity index (χ3v) is 1.87. The fraction of sp³-hybridized carbons (Fsp3) is 0. The van der Waals surface area contributed by atoms with Crippen molar-refractivity contribution in [3.63, 3.8) is 0 Å². The predicted molar refractivity (Wildman–Crippen MR) is 48.7 cm³/mol. The van der Waals surface area contributed by atoms with Crippen LogP contribution in [-0.4, -0.2) is 16.1 Å². The molecule has 0 atom stereocenters. The number of hydrogen-bond donors (Lipinski definition) is 1. The third-order valence-electron chi connectivity index (χ3n) is 1.87. The minimum absolute atomic E-state index is 0.0379. The van der Waals surface area contributed by atoms with Crippen molar-refractivity contribution in [2.45, 2.75) is 0 Å². The molecule has 3 nitrogen and oxygen atoms in total. The van der Waals surface area contributed by atoms with Gasteiger partial charge in [-0.05, 0) is 24.3 Å². The van der Waals surface area contributed by atoms with E-state index in [1.165, 1.54) is 30.3 Å².